The second-order valence-electron chi connectivity index (χ2n) is 7.22. The van der Waals surface area contributed by atoms with Gasteiger partial charge in [-0.2, -0.15) is 14.9 Å². The molecule has 0 atom stereocenters. The minimum absolute atomic E-state index is 0.0897. The van der Waals surface area contributed by atoms with Gasteiger partial charge in [-0.3, -0.25) is 9.89 Å². The lowest BCUT2D eigenvalue weighted by Gasteiger charge is -2.10. The summed E-state index contributed by atoms with van der Waals surface area (Å²) in [6, 6.07) is 24.4. The average molecular weight is 500 g/mol. The van der Waals surface area contributed by atoms with Crippen molar-refractivity contribution in [1.29, 1.82) is 0 Å². The number of aromatic nitrogens is 4. The third-order valence-corrected chi connectivity index (χ3v) is 5.57. The van der Waals surface area contributed by atoms with Gasteiger partial charge in [0.15, 0.2) is 5.82 Å². The van der Waals surface area contributed by atoms with Gasteiger partial charge in [0, 0.05) is 15.6 Å². The lowest BCUT2D eigenvalue weighted by molar-refractivity contribution is 0.289. The normalized spacial score (nSPS) is 11.3. The zero-order chi connectivity index (χ0) is 22.6. The first-order chi connectivity index (χ1) is 16.2. The van der Waals surface area contributed by atoms with Gasteiger partial charge in [0.05, 0.1) is 29.0 Å². The minimum Gasteiger partial charge on any atom is -0.486 e. The Hall–Kier alpha value is -4.04. The van der Waals surface area contributed by atoms with Crippen LogP contribution in [-0.2, 0) is 6.61 Å². The molecule has 0 aliphatic rings. The maximum absolute atomic E-state index is 13.2. The summed E-state index contributed by atoms with van der Waals surface area (Å²) in [7, 11) is 0. The molecule has 2 aromatic heterocycles. The number of H-pyrrole nitrogens is 1. The fourth-order valence-corrected chi connectivity index (χ4v) is 3.67. The number of ether oxygens (including phenoxy) is 1. The number of hydrogen-bond donors (Lipinski definition) is 1. The van der Waals surface area contributed by atoms with Crippen LogP contribution in [0.5, 0.6) is 5.75 Å². The van der Waals surface area contributed by atoms with E-state index in [1.165, 1.54) is 4.68 Å². The number of nitrogens with zero attached hydrogens (tertiary/aromatic N) is 4. The molecule has 0 fully saturated rings. The van der Waals surface area contributed by atoms with E-state index in [0.717, 1.165) is 21.3 Å². The Morgan fingerprint density at radius 2 is 1.76 bits per heavy atom. The summed E-state index contributed by atoms with van der Waals surface area (Å²) < 4.78 is 8.12. The number of para-hydroxylation sites is 2. The van der Waals surface area contributed by atoms with E-state index in [9.17, 15) is 4.79 Å². The molecule has 0 amide bonds. The number of hydrogen-bond acceptors (Lipinski definition) is 5. The first-order valence-electron chi connectivity index (χ1n) is 10.2. The van der Waals surface area contributed by atoms with Crippen LogP contribution in [-0.4, -0.2) is 26.1 Å². The minimum atomic E-state index is -0.266. The molecule has 3 aromatic carbocycles. The van der Waals surface area contributed by atoms with Crippen molar-refractivity contribution in [2.45, 2.75) is 6.61 Å². The van der Waals surface area contributed by atoms with Crippen LogP contribution < -0.4 is 10.3 Å². The van der Waals surface area contributed by atoms with Gasteiger partial charge in [0.25, 0.3) is 5.56 Å². The predicted molar refractivity (Wildman–Crippen MR) is 131 cm³/mol. The first kappa shape index (κ1) is 20.8. The van der Waals surface area contributed by atoms with Gasteiger partial charge in [0.1, 0.15) is 12.4 Å². The molecular weight excluding hydrogens is 482 g/mol. The lowest BCUT2D eigenvalue weighted by Crippen LogP contribution is -2.23. The van der Waals surface area contributed by atoms with Crippen molar-refractivity contribution in [3.05, 3.63) is 111 Å². The Kier molecular flexibility index (Phi) is 5.82. The Morgan fingerprint density at radius 3 is 2.58 bits per heavy atom. The molecule has 33 heavy (non-hydrogen) atoms. The summed E-state index contributed by atoms with van der Waals surface area (Å²) >= 11 is 3.45. The summed E-state index contributed by atoms with van der Waals surface area (Å²) in [6.07, 6.45) is 3.27. The summed E-state index contributed by atoms with van der Waals surface area (Å²) in [5.74, 6) is 1.08. The Balaban J connectivity index is 1.54. The molecule has 0 aliphatic carbocycles. The Morgan fingerprint density at radius 1 is 1.00 bits per heavy atom. The molecule has 2 heterocycles. The van der Waals surface area contributed by atoms with E-state index >= 15 is 0 Å². The van der Waals surface area contributed by atoms with Crippen LogP contribution in [0.4, 0.5) is 0 Å². The summed E-state index contributed by atoms with van der Waals surface area (Å²) in [4.78, 5) is 17.9. The van der Waals surface area contributed by atoms with Crippen LogP contribution in [0.1, 0.15) is 11.4 Å². The highest BCUT2D eigenvalue weighted by Gasteiger charge is 2.12. The smallest absolute Gasteiger partial charge is 0.282 e. The van der Waals surface area contributed by atoms with Crippen LogP contribution in [0.25, 0.3) is 22.2 Å². The molecule has 0 bridgehead atoms. The summed E-state index contributed by atoms with van der Waals surface area (Å²) in [5.41, 5.74) is 2.83. The van der Waals surface area contributed by atoms with Crippen LogP contribution in [0.15, 0.2) is 99.4 Å². The predicted octanol–water partition coefficient (Wildman–Crippen LogP) is 5.01. The zero-order valence-corrected chi connectivity index (χ0v) is 18.9. The van der Waals surface area contributed by atoms with E-state index in [1.54, 1.807) is 30.6 Å². The molecule has 7 nitrogen and oxygen atoms in total. The fourth-order valence-electron chi connectivity index (χ4n) is 3.41. The molecule has 0 radical (unpaired) electrons. The third-order valence-electron chi connectivity index (χ3n) is 5.05. The second kappa shape index (κ2) is 9.22. The molecular formula is C25H18BrN5O2. The molecule has 8 heteroatoms. The number of benzene rings is 3. The van der Waals surface area contributed by atoms with E-state index < -0.39 is 0 Å². The molecule has 0 saturated carbocycles. The highest BCUT2D eigenvalue weighted by molar-refractivity contribution is 9.10. The van der Waals surface area contributed by atoms with Crippen molar-refractivity contribution >= 4 is 33.0 Å². The van der Waals surface area contributed by atoms with E-state index in [1.807, 2.05) is 60.7 Å². The molecule has 0 unspecified atom stereocenters. The van der Waals surface area contributed by atoms with Gasteiger partial charge >= 0.3 is 0 Å². The quantitative estimate of drug-likeness (QED) is 0.332. The zero-order valence-electron chi connectivity index (χ0n) is 17.4. The van der Waals surface area contributed by atoms with Gasteiger partial charge in [-0.05, 0) is 36.4 Å². The summed E-state index contributed by atoms with van der Waals surface area (Å²) in [5, 5.41) is 12.1. The van der Waals surface area contributed by atoms with Crippen molar-refractivity contribution in [3.63, 3.8) is 0 Å². The highest BCUT2D eigenvalue weighted by Crippen LogP contribution is 2.22. The topological polar surface area (TPSA) is 85.2 Å². The average Bonchev–Trinajstić information content (AvgIpc) is 3.32. The van der Waals surface area contributed by atoms with E-state index in [2.05, 4.69) is 36.2 Å². The van der Waals surface area contributed by atoms with E-state index in [0.29, 0.717) is 22.5 Å². The third kappa shape index (κ3) is 4.47. The second-order valence-corrected chi connectivity index (χ2v) is 8.13. The standard InChI is InChI=1S/C25H18BrN5O2/c26-19-12-10-17(11-13-19)24-18(14-27-30-24)15-28-31-23(16-33-20-6-2-1-3-7-20)29-22-9-5-4-8-21(22)25(31)32/h1-15H,16H2,(H,27,30)/b28-15+. The van der Waals surface area contributed by atoms with Gasteiger partial charge < -0.3 is 4.74 Å². The summed E-state index contributed by atoms with van der Waals surface area (Å²) in [6.45, 7) is 0.0897. The first-order valence-corrected chi connectivity index (χ1v) is 11.0. The largest absolute Gasteiger partial charge is 0.486 e. The van der Waals surface area contributed by atoms with Crippen molar-refractivity contribution < 1.29 is 4.74 Å². The van der Waals surface area contributed by atoms with Crippen molar-refractivity contribution in [3.8, 4) is 17.0 Å². The molecule has 5 rings (SSSR count). The number of nitrogens with one attached hydrogen (secondary N) is 1. The SMILES string of the molecule is O=c1c2ccccc2nc(COc2ccccc2)n1/N=C/c1cn[nH]c1-c1ccc(Br)cc1. The van der Waals surface area contributed by atoms with Crippen molar-refractivity contribution in [1.82, 2.24) is 19.9 Å². The van der Waals surface area contributed by atoms with Gasteiger partial charge in [-0.1, -0.05) is 58.4 Å². The maximum Gasteiger partial charge on any atom is 0.282 e. The number of rotatable bonds is 6. The van der Waals surface area contributed by atoms with Gasteiger partial charge in [-0.25, -0.2) is 4.98 Å². The van der Waals surface area contributed by atoms with Gasteiger partial charge in [0.2, 0.25) is 0 Å². The van der Waals surface area contributed by atoms with E-state index in [4.69, 9.17) is 4.74 Å². The van der Waals surface area contributed by atoms with Crippen LogP contribution in [0.2, 0.25) is 0 Å². The van der Waals surface area contributed by atoms with Crippen molar-refractivity contribution in [2.75, 3.05) is 0 Å². The van der Waals surface area contributed by atoms with Crippen molar-refractivity contribution in [2.24, 2.45) is 5.10 Å². The monoisotopic (exact) mass is 499 g/mol. The highest BCUT2D eigenvalue weighted by atomic mass is 79.9. The van der Waals surface area contributed by atoms with Crippen LogP contribution in [0.3, 0.4) is 0 Å². The number of fused-ring (bicyclic) bond motifs is 1. The van der Waals surface area contributed by atoms with Crippen LogP contribution in [0, 0.1) is 0 Å². The molecule has 0 aliphatic heterocycles. The van der Waals surface area contributed by atoms with E-state index in [-0.39, 0.29) is 12.2 Å². The Bertz CT molecular complexity index is 1490. The molecule has 5 aromatic rings. The maximum atomic E-state index is 13.2. The fraction of sp³-hybridized carbons (Fsp3) is 0.0400. The van der Waals surface area contributed by atoms with Gasteiger partial charge in [-0.15, -0.1) is 0 Å². The number of halogens is 1. The number of aromatic amines is 1. The molecule has 0 spiro atoms. The molecule has 162 valence electrons. The molecule has 1 N–H and O–H groups in total. The Labute approximate surface area is 197 Å². The van der Waals surface area contributed by atoms with Crippen LogP contribution >= 0.6 is 15.9 Å². The lowest BCUT2D eigenvalue weighted by atomic mass is 10.1. The molecule has 0 saturated heterocycles.